The fourth-order valence-corrected chi connectivity index (χ4v) is 4.27. The predicted octanol–water partition coefficient (Wildman–Crippen LogP) is 1.39. The van der Waals surface area contributed by atoms with Crippen molar-refractivity contribution >= 4 is 11.8 Å². The number of hydrogen-bond acceptors (Lipinski definition) is 2. The van der Waals surface area contributed by atoms with Crippen molar-refractivity contribution in [3.8, 4) is 0 Å². The fourth-order valence-electron chi connectivity index (χ4n) is 4.27. The molecule has 148 valence electrons. The van der Waals surface area contributed by atoms with Crippen LogP contribution in [0.1, 0.15) is 55.3 Å². The van der Waals surface area contributed by atoms with Gasteiger partial charge in [-0.15, -0.1) is 0 Å². The van der Waals surface area contributed by atoms with Crippen molar-refractivity contribution in [2.24, 2.45) is 0 Å². The number of quaternary nitrogens is 1. The van der Waals surface area contributed by atoms with Gasteiger partial charge in [0, 0.05) is 32.0 Å². The van der Waals surface area contributed by atoms with Crippen molar-refractivity contribution < 1.29 is 18.9 Å². The van der Waals surface area contributed by atoms with Gasteiger partial charge in [-0.25, -0.2) is 4.39 Å². The van der Waals surface area contributed by atoms with Crippen molar-refractivity contribution in [2.75, 3.05) is 26.7 Å². The molecule has 27 heavy (non-hydrogen) atoms. The van der Waals surface area contributed by atoms with E-state index in [0.29, 0.717) is 12.6 Å². The van der Waals surface area contributed by atoms with Crippen LogP contribution in [0.2, 0.25) is 0 Å². The predicted molar refractivity (Wildman–Crippen MR) is 102 cm³/mol. The molecular weight excluding hydrogens is 345 g/mol. The Balaban J connectivity index is 1.42. The van der Waals surface area contributed by atoms with Crippen LogP contribution in [0.4, 0.5) is 4.39 Å². The van der Waals surface area contributed by atoms with E-state index in [4.69, 9.17) is 0 Å². The Morgan fingerprint density at radius 2 is 1.78 bits per heavy atom. The van der Waals surface area contributed by atoms with E-state index in [1.54, 1.807) is 12.1 Å². The molecule has 0 atom stereocenters. The summed E-state index contributed by atoms with van der Waals surface area (Å²) in [4.78, 5) is 28.1. The Kier molecular flexibility index (Phi) is 6.83. The molecule has 1 heterocycles. The van der Waals surface area contributed by atoms with Crippen molar-refractivity contribution in [3.63, 3.8) is 0 Å². The lowest BCUT2D eigenvalue weighted by Gasteiger charge is -2.34. The molecule has 6 heteroatoms. The van der Waals surface area contributed by atoms with Crippen LogP contribution in [0.5, 0.6) is 0 Å². The molecule has 2 fully saturated rings. The summed E-state index contributed by atoms with van der Waals surface area (Å²) in [5.74, 6) is -0.616. The Morgan fingerprint density at radius 3 is 2.44 bits per heavy atom. The van der Waals surface area contributed by atoms with E-state index in [9.17, 15) is 14.0 Å². The zero-order chi connectivity index (χ0) is 19.2. The van der Waals surface area contributed by atoms with Crippen LogP contribution in [0.15, 0.2) is 24.3 Å². The first-order chi connectivity index (χ1) is 13.0. The monoisotopic (exact) mass is 376 g/mol. The highest BCUT2D eigenvalue weighted by molar-refractivity contribution is 5.94. The highest BCUT2D eigenvalue weighted by atomic mass is 19.1. The van der Waals surface area contributed by atoms with Crippen LogP contribution in [0.3, 0.4) is 0 Å². The number of rotatable bonds is 5. The number of nitrogens with one attached hydrogen (secondary N) is 2. The van der Waals surface area contributed by atoms with Crippen LogP contribution >= 0.6 is 0 Å². The third kappa shape index (κ3) is 5.28. The van der Waals surface area contributed by atoms with E-state index in [1.807, 2.05) is 11.9 Å². The van der Waals surface area contributed by atoms with Crippen LogP contribution in [0.25, 0.3) is 0 Å². The molecule has 5 nitrogen and oxygen atoms in total. The number of nitrogens with zero attached hydrogens (tertiary/aromatic N) is 1. The average Bonchev–Trinajstić information content (AvgIpc) is 2.69. The molecule has 2 aliphatic rings. The quantitative estimate of drug-likeness (QED) is 0.816. The van der Waals surface area contributed by atoms with Gasteiger partial charge in [0.25, 0.3) is 11.8 Å². The van der Waals surface area contributed by atoms with Gasteiger partial charge in [-0.3, -0.25) is 9.59 Å². The number of hydrogen-bond donors (Lipinski definition) is 2. The SMILES string of the molecule is CN(C(=O)C[NH+]1CCC(NC(=O)c2ccccc2F)CC1)C1CCCCC1. The molecule has 1 aromatic carbocycles. The second kappa shape index (κ2) is 9.31. The van der Waals surface area contributed by atoms with Crippen molar-refractivity contribution in [3.05, 3.63) is 35.6 Å². The zero-order valence-corrected chi connectivity index (χ0v) is 16.2. The lowest BCUT2D eigenvalue weighted by Crippen LogP contribution is -3.14. The maximum Gasteiger partial charge on any atom is 0.277 e. The number of carbonyl (C=O) groups is 2. The van der Waals surface area contributed by atoms with E-state index >= 15 is 0 Å². The minimum Gasteiger partial charge on any atom is -0.349 e. The normalized spacial score (nSPS) is 23.6. The molecule has 0 radical (unpaired) electrons. The summed E-state index contributed by atoms with van der Waals surface area (Å²) < 4.78 is 13.7. The van der Waals surface area contributed by atoms with Crippen molar-refractivity contribution in [1.82, 2.24) is 10.2 Å². The lowest BCUT2D eigenvalue weighted by molar-refractivity contribution is -0.897. The molecule has 2 amide bonds. The van der Waals surface area contributed by atoms with Crippen molar-refractivity contribution in [2.45, 2.75) is 57.0 Å². The van der Waals surface area contributed by atoms with Gasteiger partial charge in [-0.1, -0.05) is 31.4 Å². The van der Waals surface area contributed by atoms with Crippen LogP contribution in [0, 0.1) is 5.82 Å². The second-order valence-electron chi connectivity index (χ2n) is 7.95. The largest absolute Gasteiger partial charge is 0.349 e. The number of likely N-dealkylation sites (N-methyl/N-ethyl adjacent to an activating group) is 1. The minimum absolute atomic E-state index is 0.0482. The molecule has 1 saturated carbocycles. The third-order valence-electron chi connectivity index (χ3n) is 6.06. The summed E-state index contributed by atoms with van der Waals surface area (Å²) in [6.45, 7) is 2.24. The minimum atomic E-state index is -0.491. The van der Waals surface area contributed by atoms with E-state index in [2.05, 4.69) is 5.32 Å². The van der Waals surface area contributed by atoms with E-state index in [1.165, 1.54) is 36.3 Å². The van der Waals surface area contributed by atoms with Gasteiger partial charge >= 0.3 is 0 Å². The molecule has 1 aromatic rings. The number of halogens is 1. The first-order valence-electron chi connectivity index (χ1n) is 10.2. The fraction of sp³-hybridized carbons (Fsp3) is 0.619. The summed E-state index contributed by atoms with van der Waals surface area (Å²) in [6.07, 6.45) is 7.62. The van der Waals surface area contributed by atoms with E-state index < -0.39 is 5.82 Å². The van der Waals surface area contributed by atoms with Gasteiger partial charge < -0.3 is 15.1 Å². The first-order valence-corrected chi connectivity index (χ1v) is 10.2. The lowest BCUT2D eigenvalue weighted by atomic mass is 9.94. The average molecular weight is 376 g/mol. The van der Waals surface area contributed by atoms with Gasteiger partial charge in [0.1, 0.15) is 5.82 Å². The molecule has 0 bridgehead atoms. The van der Waals surface area contributed by atoms with Gasteiger partial charge in [0.05, 0.1) is 18.7 Å². The molecule has 1 aliphatic carbocycles. The van der Waals surface area contributed by atoms with Gasteiger partial charge in [0.15, 0.2) is 6.54 Å². The number of piperidine rings is 1. The van der Waals surface area contributed by atoms with Gasteiger partial charge in [0.2, 0.25) is 0 Å². The van der Waals surface area contributed by atoms with Crippen LogP contribution in [-0.4, -0.2) is 55.5 Å². The van der Waals surface area contributed by atoms with Gasteiger partial charge in [-0.05, 0) is 25.0 Å². The molecule has 2 N–H and O–H groups in total. The summed E-state index contributed by atoms with van der Waals surface area (Å²) in [7, 11) is 1.94. The number of likely N-dealkylation sites (tertiary alicyclic amines) is 1. The number of benzene rings is 1. The molecule has 0 aromatic heterocycles. The molecule has 0 spiro atoms. The number of carbonyl (C=O) groups excluding carboxylic acids is 2. The Labute approximate surface area is 160 Å². The zero-order valence-electron chi connectivity index (χ0n) is 16.2. The maximum absolute atomic E-state index is 13.7. The Hall–Kier alpha value is -1.95. The first kappa shape index (κ1) is 19.8. The van der Waals surface area contributed by atoms with Crippen molar-refractivity contribution in [1.29, 1.82) is 0 Å². The summed E-state index contributed by atoms with van der Waals surface area (Å²) in [5.41, 5.74) is 0.0940. The summed E-state index contributed by atoms with van der Waals surface area (Å²) >= 11 is 0. The molecule has 3 rings (SSSR count). The van der Waals surface area contributed by atoms with Gasteiger partial charge in [-0.2, -0.15) is 0 Å². The van der Waals surface area contributed by atoms with E-state index in [0.717, 1.165) is 38.8 Å². The highest BCUT2D eigenvalue weighted by Gasteiger charge is 2.29. The smallest absolute Gasteiger partial charge is 0.277 e. The Bertz CT molecular complexity index is 653. The molecule has 1 saturated heterocycles. The maximum atomic E-state index is 13.7. The summed E-state index contributed by atoms with van der Waals surface area (Å²) in [5, 5.41) is 2.94. The van der Waals surface area contributed by atoms with E-state index in [-0.39, 0.29) is 23.4 Å². The van der Waals surface area contributed by atoms with Crippen LogP contribution < -0.4 is 10.2 Å². The summed E-state index contributed by atoms with van der Waals surface area (Å²) in [6, 6.07) is 6.50. The highest BCUT2D eigenvalue weighted by Crippen LogP contribution is 2.21. The second-order valence-corrected chi connectivity index (χ2v) is 7.95. The molecule has 0 unspecified atom stereocenters. The number of amides is 2. The topological polar surface area (TPSA) is 53.9 Å². The standard InChI is InChI=1S/C21H30FN3O2/c1-24(17-7-3-2-4-8-17)20(26)15-25-13-11-16(12-14-25)23-21(27)18-9-5-6-10-19(18)22/h5-6,9-10,16-17H,2-4,7-8,11-15H2,1H3,(H,23,27)/p+1. The third-order valence-corrected chi connectivity index (χ3v) is 6.06. The molecular formula is C21H31FN3O2+. The van der Waals surface area contributed by atoms with Crippen LogP contribution in [-0.2, 0) is 4.79 Å². The Morgan fingerprint density at radius 1 is 1.11 bits per heavy atom. The molecule has 1 aliphatic heterocycles.